The Hall–Kier alpha value is -3.18. The van der Waals surface area contributed by atoms with Gasteiger partial charge in [-0.2, -0.15) is 0 Å². The van der Waals surface area contributed by atoms with Gasteiger partial charge in [-0.25, -0.2) is 0 Å². The number of rotatable bonds is 4. The maximum atomic E-state index is 12.9. The molecule has 0 aliphatic heterocycles. The molecule has 28 heavy (non-hydrogen) atoms. The zero-order valence-electron chi connectivity index (χ0n) is 15.6. The largest absolute Gasteiger partial charge is 0.455 e. The predicted octanol–water partition coefficient (Wildman–Crippen LogP) is 5.32. The van der Waals surface area contributed by atoms with Crippen molar-refractivity contribution >= 4 is 28.2 Å². The molecule has 2 aromatic heterocycles. The number of fused-ring (bicyclic) bond motifs is 1. The summed E-state index contributed by atoms with van der Waals surface area (Å²) in [5.74, 6) is 0.224. The van der Waals surface area contributed by atoms with Crippen LogP contribution in [0.5, 0.6) is 0 Å². The second kappa shape index (κ2) is 7.44. The SMILES string of the molecule is Cc1c(-c2ccccc2)oc2c(C(=O)NC(C)c3cccs3)cccc2c1=O. The lowest BCUT2D eigenvalue weighted by Gasteiger charge is -2.14. The Bertz CT molecular complexity index is 1190. The maximum absolute atomic E-state index is 12.9. The minimum Gasteiger partial charge on any atom is -0.455 e. The van der Waals surface area contributed by atoms with Crippen molar-refractivity contribution in [3.05, 3.63) is 92.3 Å². The van der Waals surface area contributed by atoms with Crippen LogP contribution in [0.2, 0.25) is 0 Å². The lowest BCUT2D eigenvalue weighted by atomic mass is 10.0. The Labute approximate surface area is 166 Å². The number of para-hydroxylation sites is 1. The molecule has 0 saturated heterocycles. The molecule has 140 valence electrons. The van der Waals surface area contributed by atoms with Gasteiger partial charge in [-0.3, -0.25) is 9.59 Å². The fraction of sp³-hybridized carbons (Fsp3) is 0.130. The maximum Gasteiger partial charge on any atom is 0.255 e. The summed E-state index contributed by atoms with van der Waals surface area (Å²) < 4.78 is 6.13. The van der Waals surface area contributed by atoms with Gasteiger partial charge in [-0.05, 0) is 37.4 Å². The van der Waals surface area contributed by atoms with Crippen molar-refractivity contribution in [2.45, 2.75) is 19.9 Å². The van der Waals surface area contributed by atoms with Crippen molar-refractivity contribution in [2.75, 3.05) is 0 Å². The molecule has 5 heteroatoms. The van der Waals surface area contributed by atoms with E-state index in [-0.39, 0.29) is 17.4 Å². The third-order valence-corrected chi connectivity index (χ3v) is 5.80. The van der Waals surface area contributed by atoms with Crippen LogP contribution >= 0.6 is 11.3 Å². The number of nitrogens with one attached hydrogen (secondary N) is 1. The second-order valence-corrected chi connectivity index (χ2v) is 7.62. The molecule has 0 radical (unpaired) electrons. The minimum atomic E-state index is -0.266. The average molecular weight is 389 g/mol. The van der Waals surface area contributed by atoms with Gasteiger partial charge < -0.3 is 9.73 Å². The van der Waals surface area contributed by atoms with Crippen LogP contribution in [0.15, 0.2) is 75.3 Å². The van der Waals surface area contributed by atoms with Gasteiger partial charge in [-0.1, -0.05) is 42.5 Å². The van der Waals surface area contributed by atoms with Crippen LogP contribution in [-0.2, 0) is 0 Å². The molecular weight excluding hydrogens is 370 g/mol. The van der Waals surface area contributed by atoms with E-state index in [9.17, 15) is 9.59 Å². The van der Waals surface area contributed by atoms with E-state index in [0.717, 1.165) is 10.4 Å². The first-order valence-corrected chi connectivity index (χ1v) is 9.90. The van der Waals surface area contributed by atoms with Crippen LogP contribution in [-0.4, -0.2) is 5.91 Å². The van der Waals surface area contributed by atoms with Gasteiger partial charge >= 0.3 is 0 Å². The quantitative estimate of drug-likeness (QED) is 0.514. The summed E-state index contributed by atoms with van der Waals surface area (Å²) in [6.07, 6.45) is 0. The van der Waals surface area contributed by atoms with Gasteiger partial charge in [0.05, 0.1) is 17.0 Å². The van der Waals surface area contributed by atoms with E-state index in [0.29, 0.717) is 27.9 Å². The fourth-order valence-electron chi connectivity index (χ4n) is 3.24. The van der Waals surface area contributed by atoms with Crippen LogP contribution in [0.3, 0.4) is 0 Å². The first-order valence-electron chi connectivity index (χ1n) is 9.02. The molecule has 0 aliphatic carbocycles. The van der Waals surface area contributed by atoms with Crippen molar-refractivity contribution in [1.29, 1.82) is 0 Å². The highest BCUT2D eigenvalue weighted by molar-refractivity contribution is 7.10. The first-order chi connectivity index (χ1) is 13.6. The number of hydrogen-bond acceptors (Lipinski definition) is 4. The standard InChI is InChI=1S/C23H19NO3S/c1-14-20(25)17-10-6-11-18(23(26)24-15(2)19-12-7-13-28-19)22(17)27-21(14)16-8-4-3-5-9-16/h3-13,15H,1-2H3,(H,24,26). The summed E-state index contributed by atoms with van der Waals surface area (Å²) in [6.45, 7) is 3.68. The normalized spacial score (nSPS) is 12.1. The molecule has 2 aromatic carbocycles. The first kappa shape index (κ1) is 18.2. The summed E-state index contributed by atoms with van der Waals surface area (Å²) in [7, 11) is 0. The number of amides is 1. The van der Waals surface area contributed by atoms with E-state index < -0.39 is 0 Å². The molecule has 4 aromatic rings. The van der Waals surface area contributed by atoms with E-state index in [1.165, 1.54) is 0 Å². The van der Waals surface area contributed by atoms with E-state index >= 15 is 0 Å². The lowest BCUT2D eigenvalue weighted by molar-refractivity contribution is 0.0941. The highest BCUT2D eigenvalue weighted by atomic mass is 32.1. The van der Waals surface area contributed by atoms with E-state index in [2.05, 4.69) is 5.32 Å². The molecule has 4 rings (SSSR count). The van der Waals surface area contributed by atoms with Crippen LogP contribution < -0.4 is 10.7 Å². The van der Waals surface area contributed by atoms with E-state index in [1.807, 2.05) is 54.8 Å². The number of thiophene rings is 1. The van der Waals surface area contributed by atoms with Crippen molar-refractivity contribution in [1.82, 2.24) is 5.32 Å². The van der Waals surface area contributed by atoms with Crippen LogP contribution in [0, 0.1) is 6.92 Å². The summed E-state index contributed by atoms with van der Waals surface area (Å²) in [5.41, 5.74) is 1.88. The Morgan fingerprint density at radius 3 is 2.54 bits per heavy atom. The number of benzene rings is 2. The molecule has 1 unspecified atom stereocenters. The lowest BCUT2D eigenvalue weighted by Crippen LogP contribution is -2.26. The summed E-state index contributed by atoms with van der Waals surface area (Å²) >= 11 is 1.59. The van der Waals surface area contributed by atoms with Gasteiger partial charge in [-0.15, -0.1) is 11.3 Å². The van der Waals surface area contributed by atoms with Crippen LogP contribution in [0.25, 0.3) is 22.3 Å². The van der Waals surface area contributed by atoms with E-state index in [4.69, 9.17) is 4.42 Å². The third kappa shape index (κ3) is 3.25. The van der Waals surface area contributed by atoms with Crippen LogP contribution in [0.4, 0.5) is 0 Å². The predicted molar refractivity (Wildman–Crippen MR) is 113 cm³/mol. The topological polar surface area (TPSA) is 59.3 Å². The fourth-order valence-corrected chi connectivity index (χ4v) is 3.97. The minimum absolute atomic E-state index is 0.124. The summed E-state index contributed by atoms with van der Waals surface area (Å²) in [5, 5.41) is 5.38. The molecule has 2 heterocycles. The molecule has 0 fully saturated rings. The van der Waals surface area contributed by atoms with Crippen molar-refractivity contribution in [3.8, 4) is 11.3 Å². The van der Waals surface area contributed by atoms with Crippen molar-refractivity contribution < 1.29 is 9.21 Å². The van der Waals surface area contributed by atoms with E-state index in [1.54, 1.807) is 36.5 Å². The monoisotopic (exact) mass is 389 g/mol. The molecule has 0 spiro atoms. The Kier molecular flexibility index (Phi) is 4.84. The Morgan fingerprint density at radius 1 is 1.04 bits per heavy atom. The molecule has 1 N–H and O–H groups in total. The van der Waals surface area contributed by atoms with Crippen LogP contribution in [0.1, 0.15) is 33.8 Å². The molecule has 0 aliphatic rings. The molecule has 0 saturated carbocycles. The zero-order chi connectivity index (χ0) is 19.7. The highest BCUT2D eigenvalue weighted by Crippen LogP contribution is 2.28. The molecule has 0 bridgehead atoms. The van der Waals surface area contributed by atoms with Gasteiger partial charge in [0.2, 0.25) is 0 Å². The second-order valence-electron chi connectivity index (χ2n) is 6.64. The molecule has 1 atom stereocenters. The van der Waals surface area contributed by atoms with Crippen molar-refractivity contribution in [2.24, 2.45) is 0 Å². The Morgan fingerprint density at radius 2 is 1.82 bits per heavy atom. The van der Waals surface area contributed by atoms with Gasteiger partial charge in [0, 0.05) is 16.0 Å². The number of hydrogen-bond donors (Lipinski definition) is 1. The summed E-state index contributed by atoms with van der Waals surface area (Å²) in [4.78, 5) is 26.9. The highest BCUT2D eigenvalue weighted by Gasteiger charge is 2.20. The average Bonchev–Trinajstić information content (AvgIpc) is 3.26. The zero-order valence-corrected chi connectivity index (χ0v) is 16.4. The number of carbonyl (C=O) groups excluding carboxylic acids is 1. The van der Waals surface area contributed by atoms with Gasteiger partial charge in [0.1, 0.15) is 5.76 Å². The summed E-state index contributed by atoms with van der Waals surface area (Å²) in [6, 6.07) is 18.4. The smallest absolute Gasteiger partial charge is 0.255 e. The third-order valence-electron chi connectivity index (χ3n) is 4.74. The van der Waals surface area contributed by atoms with Crippen molar-refractivity contribution in [3.63, 3.8) is 0 Å². The Balaban J connectivity index is 1.82. The number of carbonyl (C=O) groups is 1. The molecular formula is C23H19NO3S. The van der Waals surface area contributed by atoms with Gasteiger partial charge in [0.25, 0.3) is 5.91 Å². The van der Waals surface area contributed by atoms with Gasteiger partial charge in [0.15, 0.2) is 11.0 Å². The molecule has 4 nitrogen and oxygen atoms in total. The molecule has 1 amide bonds.